The van der Waals surface area contributed by atoms with Crippen LogP contribution in [0.25, 0.3) is 0 Å². The lowest BCUT2D eigenvalue weighted by Gasteiger charge is -1.97. The monoisotopic (exact) mass is 219 g/mol. The first kappa shape index (κ1) is 8.02. The molecule has 3 heteroatoms. The van der Waals surface area contributed by atoms with E-state index < -0.39 is 0 Å². The summed E-state index contributed by atoms with van der Waals surface area (Å²) in [6.07, 6.45) is 0. The first-order valence-corrected chi connectivity index (χ1v) is 4.42. The van der Waals surface area contributed by atoms with Crippen molar-refractivity contribution in [3.8, 4) is 0 Å². The average Bonchev–Trinajstić information content (AvgIpc) is 1.95. The summed E-state index contributed by atoms with van der Waals surface area (Å²) in [5.41, 5.74) is 1.90. The largest absolute Gasteiger partial charge is 0.256 e. The number of aryl methyl sites for hydroxylation is 1. The van der Waals surface area contributed by atoms with Gasteiger partial charge in [-0.2, -0.15) is 0 Å². The quantitative estimate of drug-likeness (QED) is 0.663. The summed E-state index contributed by atoms with van der Waals surface area (Å²) in [5, 5.41) is 1.51. The van der Waals surface area contributed by atoms with Gasteiger partial charge in [-0.05, 0) is 19.1 Å². The molecule has 1 rings (SSSR count). The Morgan fingerprint density at radius 2 is 2.30 bits per heavy atom. The minimum Gasteiger partial charge on any atom is -0.256 e. The predicted molar refractivity (Wildman–Crippen MR) is 46.6 cm³/mol. The smallest absolute Gasteiger partial charge is 0.0618 e. The molecular weight excluding hydrogens is 213 g/mol. The third-order valence-electron chi connectivity index (χ3n) is 1.22. The van der Waals surface area contributed by atoms with Gasteiger partial charge in [0, 0.05) is 5.33 Å². The fraction of sp³-hybridized carbons (Fsp3) is 0.286. The summed E-state index contributed by atoms with van der Waals surface area (Å²) in [6.45, 7) is 1.90. The van der Waals surface area contributed by atoms with Crippen molar-refractivity contribution in [3.05, 3.63) is 28.5 Å². The van der Waals surface area contributed by atoms with Gasteiger partial charge in [0.2, 0.25) is 0 Å². The Hall–Kier alpha value is -0.0800. The highest BCUT2D eigenvalue weighted by atomic mass is 79.9. The molecule has 0 bridgehead atoms. The fourth-order valence-corrected chi connectivity index (χ4v) is 1.09. The van der Waals surface area contributed by atoms with Crippen molar-refractivity contribution in [3.63, 3.8) is 0 Å². The number of nitrogens with zero attached hydrogens (tertiary/aromatic N) is 1. The van der Waals surface area contributed by atoms with Crippen LogP contribution < -0.4 is 0 Å². The van der Waals surface area contributed by atoms with Crippen molar-refractivity contribution in [2.24, 2.45) is 0 Å². The molecule has 0 atom stereocenters. The third-order valence-corrected chi connectivity index (χ3v) is 2.19. The van der Waals surface area contributed by atoms with E-state index in [9.17, 15) is 0 Å². The summed E-state index contributed by atoms with van der Waals surface area (Å²) >= 11 is 9.07. The Kier molecular flexibility index (Phi) is 2.69. The van der Waals surface area contributed by atoms with Crippen molar-refractivity contribution >= 4 is 27.5 Å². The van der Waals surface area contributed by atoms with Crippen molar-refractivity contribution in [1.82, 2.24) is 4.98 Å². The van der Waals surface area contributed by atoms with Gasteiger partial charge < -0.3 is 0 Å². The van der Waals surface area contributed by atoms with E-state index in [-0.39, 0.29) is 0 Å². The summed E-state index contributed by atoms with van der Waals surface area (Å²) in [4.78, 5) is 4.21. The number of aromatic nitrogens is 1. The molecule has 0 spiro atoms. The number of pyridine rings is 1. The van der Waals surface area contributed by atoms with Gasteiger partial charge in [-0.25, -0.2) is 0 Å². The van der Waals surface area contributed by atoms with Crippen LogP contribution in [-0.2, 0) is 5.33 Å². The Balaban J connectivity index is 3.04. The fourth-order valence-electron chi connectivity index (χ4n) is 0.670. The minimum atomic E-state index is 0.727. The van der Waals surface area contributed by atoms with Crippen molar-refractivity contribution < 1.29 is 0 Å². The van der Waals surface area contributed by atoms with Crippen LogP contribution in [0.1, 0.15) is 11.4 Å². The molecule has 0 fully saturated rings. The van der Waals surface area contributed by atoms with Gasteiger partial charge in [0.25, 0.3) is 0 Å². The van der Waals surface area contributed by atoms with Gasteiger partial charge in [0.05, 0.1) is 16.4 Å². The van der Waals surface area contributed by atoms with E-state index in [1.54, 1.807) is 0 Å². The predicted octanol–water partition coefficient (Wildman–Crippen LogP) is 2.94. The van der Waals surface area contributed by atoms with Crippen molar-refractivity contribution in [2.75, 3.05) is 0 Å². The molecule has 0 aliphatic carbocycles. The average molecular weight is 220 g/mol. The zero-order valence-electron chi connectivity index (χ0n) is 5.56. The number of hydrogen-bond donors (Lipinski definition) is 0. The molecule has 10 heavy (non-hydrogen) atoms. The Morgan fingerprint density at radius 1 is 1.60 bits per heavy atom. The van der Waals surface area contributed by atoms with E-state index in [0.717, 1.165) is 21.7 Å². The van der Waals surface area contributed by atoms with Crippen LogP contribution in [0.2, 0.25) is 5.02 Å². The SMILES string of the molecule is Cc1nc(CBr)ccc1Cl. The highest BCUT2D eigenvalue weighted by molar-refractivity contribution is 9.08. The van der Waals surface area contributed by atoms with Gasteiger partial charge >= 0.3 is 0 Å². The molecule has 1 aromatic rings. The van der Waals surface area contributed by atoms with Gasteiger partial charge in [-0.1, -0.05) is 27.5 Å². The highest BCUT2D eigenvalue weighted by Crippen LogP contribution is 2.13. The maximum atomic E-state index is 5.76. The molecular formula is C7H7BrClN. The molecule has 0 amide bonds. The van der Waals surface area contributed by atoms with Crippen LogP contribution >= 0.6 is 27.5 Å². The van der Waals surface area contributed by atoms with Gasteiger partial charge in [-0.15, -0.1) is 0 Å². The van der Waals surface area contributed by atoms with Crippen LogP contribution in [0.4, 0.5) is 0 Å². The molecule has 0 saturated carbocycles. The molecule has 1 heterocycles. The molecule has 1 nitrogen and oxygen atoms in total. The van der Waals surface area contributed by atoms with Gasteiger partial charge in [0.1, 0.15) is 0 Å². The molecule has 0 aromatic carbocycles. The second-order valence-corrected chi connectivity index (χ2v) is 2.97. The van der Waals surface area contributed by atoms with E-state index in [1.807, 2.05) is 19.1 Å². The summed E-state index contributed by atoms with van der Waals surface area (Å²) in [7, 11) is 0. The van der Waals surface area contributed by atoms with Crippen LogP contribution in [0.15, 0.2) is 12.1 Å². The highest BCUT2D eigenvalue weighted by Gasteiger charge is 1.96. The van der Waals surface area contributed by atoms with Crippen molar-refractivity contribution in [2.45, 2.75) is 12.3 Å². The maximum absolute atomic E-state index is 5.76. The molecule has 0 aliphatic heterocycles. The lowest BCUT2D eigenvalue weighted by molar-refractivity contribution is 1.11. The molecule has 0 N–H and O–H groups in total. The number of rotatable bonds is 1. The minimum absolute atomic E-state index is 0.727. The lowest BCUT2D eigenvalue weighted by Crippen LogP contribution is -1.87. The van der Waals surface area contributed by atoms with Crippen LogP contribution in [0.3, 0.4) is 0 Å². The van der Waals surface area contributed by atoms with E-state index in [1.165, 1.54) is 0 Å². The van der Waals surface area contributed by atoms with E-state index in [2.05, 4.69) is 20.9 Å². The molecule has 54 valence electrons. The Bertz CT molecular complexity index is 237. The second-order valence-electron chi connectivity index (χ2n) is 2.00. The zero-order chi connectivity index (χ0) is 7.56. The molecule has 0 saturated heterocycles. The zero-order valence-corrected chi connectivity index (χ0v) is 7.91. The number of alkyl halides is 1. The normalized spacial score (nSPS) is 9.90. The van der Waals surface area contributed by atoms with E-state index in [4.69, 9.17) is 11.6 Å². The van der Waals surface area contributed by atoms with Gasteiger partial charge in [-0.3, -0.25) is 4.98 Å². The first-order valence-electron chi connectivity index (χ1n) is 2.92. The van der Waals surface area contributed by atoms with Crippen LogP contribution in [0.5, 0.6) is 0 Å². The van der Waals surface area contributed by atoms with Crippen molar-refractivity contribution in [1.29, 1.82) is 0 Å². The number of halogens is 2. The Labute approximate surface area is 73.6 Å². The Morgan fingerprint density at radius 3 is 2.80 bits per heavy atom. The van der Waals surface area contributed by atoms with Gasteiger partial charge in [0.15, 0.2) is 0 Å². The first-order chi connectivity index (χ1) is 4.74. The second kappa shape index (κ2) is 3.35. The van der Waals surface area contributed by atoms with Crippen LogP contribution in [-0.4, -0.2) is 4.98 Å². The summed E-state index contributed by atoms with van der Waals surface area (Å²) in [5.74, 6) is 0. The van der Waals surface area contributed by atoms with E-state index in [0.29, 0.717) is 0 Å². The molecule has 1 aromatic heterocycles. The topological polar surface area (TPSA) is 12.9 Å². The van der Waals surface area contributed by atoms with E-state index >= 15 is 0 Å². The number of hydrogen-bond acceptors (Lipinski definition) is 1. The molecule has 0 unspecified atom stereocenters. The summed E-state index contributed by atoms with van der Waals surface area (Å²) in [6, 6.07) is 3.77. The molecule has 0 radical (unpaired) electrons. The lowest BCUT2D eigenvalue weighted by atomic mass is 10.3. The van der Waals surface area contributed by atoms with Crippen LogP contribution in [0, 0.1) is 6.92 Å². The molecule has 0 aliphatic rings. The third kappa shape index (κ3) is 1.70. The maximum Gasteiger partial charge on any atom is 0.0618 e. The standard InChI is InChI=1S/C7H7BrClN/c1-5-7(9)3-2-6(4-8)10-5/h2-3H,4H2,1H3. The summed E-state index contributed by atoms with van der Waals surface area (Å²) < 4.78 is 0.